The Bertz CT molecular complexity index is 223. The summed E-state index contributed by atoms with van der Waals surface area (Å²) in [6.07, 6.45) is 3.19. The van der Waals surface area contributed by atoms with Gasteiger partial charge in [-0.25, -0.2) is 0 Å². The van der Waals surface area contributed by atoms with Gasteiger partial charge in [0.15, 0.2) is 0 Å². The number of carbonyl (C=O) groups is 2. The molecule has 1 aliphatic heterocycles. The molecule has 4 nitrogen and oxygen atoms in total. The maximum Gasteiger partial charge on any atom is 0.225 e. The Kier molecular flexibility index (Phi) is 4.75. The second-order valence-corrected chi connectivity index (χ2v) is 4.29. The topological polar surface area (TPSA) is 40.6 Å². The van der Waals surface area contributed by atoms with Crippen molar-refractivity contribution in [3.05, 3.63) is 0 Å². The zero-order chi connectivity index (χ0) is 11.3. The van der Waals surface area contributed by atoms with Crippen LogP contribution in [0.1, 0.15) is 19.3 Å². The predicted molar refractivity (Wildman–Crippen MR) is 58.5 cm³/mol. The summed E-state index contributed by atoms with van der Waals surface area (Å²) in [5.74, 6) is 0.364. The average Bonchev–Trinajstić information content (AvgIpc) is 2.26. The molecule has 1 aliphatic rings. The van der Waals surface area contributed by atoms with Crippen LogP contribution in [0.3, 0.4) is 0 Å². The first-order valence-electron chi connectivity index (χ1n) is 5.52. The van der Waals surface area contributed by atoms with E-state index in [0.717, 1.165) is 32.2 Å². The van der Waals surface area contributed by atoms with Gasteiger partial charge in [-0.1, -0.05) is 0 Å². The Morgan fingerprint density at radius 2 is 2.07 bits per heavy atom. The minimum atomic E-state index is 0.165. The van der Waals surface area contributed by atoms with Crippen LogP contribution in [0.4, 0.5) is 0 Å². The maximum atomic E-state index is 11.9. The van der Waals surface area contributed by atoms with Crippen LogP contribution in [0.15, 0.2) is 0 Å². The van der Waals surface area contributed by atoms with Gasteiger partial charge in [0.25, 0.3) is 0 Å². The van der Waals surface area contributed by atoms with Crippen LogP contribution in [-0.2, 0) is 9.59 Å². The van der Waals surface area contributed by atoms with Gasteiger partial charge in [0.2, 0.25) is 5.91 Å². The molecule has 86 valence electrons. The SMILES string of the molecule is CN1CCC(C(=O)N(C)CCC=O)CC1. The van der Waals surface area contributed by atoms with Gasteiger partial charge in [-0.2, -0.15) is 0 Å². The molecular weight excluding hydrogens is 192 g/mol. The molecule has 1 heterocycles. The fraction of sp³-hybridized carbons (Fsp3) is 0.818. The van der Waals surface area contributed by atoms with E-state index in [1.165, 1.54) is 0 Å². The molecule has 0 aromatic heterocycles. The molecule has 1 rings (SSSR count). The molecule has 1 saturated heterocycles. The molecule has 0 aromatic carbocycles. The highest BCUT2D eigenvalue weighted by Crippen LogP contribution is 2.17. The van der Waals surface area contributed by atoms with Crippen molar-refractivity contribution in [2.45, 2.75) is 19.3 Å². The van der Waals surface area contributed by atoms with E-state index in [9.17, 15) is 9.59 Å². The summed E-state index contributed by atoms with van der Waals surface area (Å²) in [6.45, 7) is 2.55. The molecule has 0 atom stereocenters. The minimum absolute atomic E-state index is 0.165. The van der Waals surface area contributed by atoms with Crippen molar-refractivity contribution in [1.29, 1.82) is 0 Å². The van der Waals surface area contributed by atoms with Gasteiger partial charge in [-0.3, -0.25) is 4.79 Å². The van der Waals surface area contributed by atoms with Gasteiger partial charge in [0, 0.05) is 25.9 Å². The molecule has 0 N–H and O–H groups in total. The third-order valence-corrected chi connectivity index (χ3v) is 3.03. The molecule has 0 aliphatic carbocycles. The van der Waals surface area contributed by atoms with E-state index in [1.54, 1.807) is 11.9 Å². The van der Waals surface area contributed by atoms with Crippen LogP contribution in [-0.4, -0.2) is 55.7 Å². The fourth-order valence-electron chi connectivity index (χ4n) is 1.92. The third kappa shape index (κ3) is 3.63. The molecule has 1 amide bonds. The van der Waals surface area contributed by atoms with Crippen LogP contribution in [0.5, 0.6) is 0 Å². The van der Waals surface area contributed by atoms with Crippen LogP contribution >= 0.6 is 0 Å². The molecule has 0 unspecified atom stereocenters. The van der Waals surface area contributed by atoms with E-state index in [-0.39, 0.29) is 11.8 Å². The average molecular weight is 212 g/mol. The standard InChI is InChI=1S/C11H20N2O2/c1-12-7-4-10(5-8-12)11(15)13(2)6-3-9-14/h9-10H,3-8H2,1-2H3. The van der Waals surface area contributed by atoms with Crippen molar-refractivity contribution in [3.8, 4) is 0 Å². The number of hydrogen-bond acceptors (Lipinski definition) is 3. The number of amides is 1. The van der Waals surface area contributed by atoms with Crippen LogP contribution < -0.4 is 0 Å². The van der Waals surface area contributed by atoms with Gasteiger partial charge >= 0.3 is 0 Å². The van der Waals surface area contributed by atoms with Crippen molar-refractivity contribution < 1.29 is 9.59 Å². The highest BCUT2D eigenvalue weighted by molar-refractivity contribution is 5.78. The number of aldehydes is 1. The van der Waals surface area contributed by atoms with E-state index in [0.29, 0.717) is 13.0 Å². The second kappa shape index (κ2) is 5.85. The van der Waals surface area contributed by atoms with E-state index in [2.05, 4.69) is 11.9 Å². The first-order valence-corrected chi connectivity index (χ1v) is 5.52. The normalized spacial score (nSPS) is 18.8. The van der Waals surface area contributed by atoms with Gasteiger partial charge in [0.05, 0.1) is 0 Å². The van der Waals surface area contributed by atoms with E-state index in [4.69, 9.17) is 0 Å². The molecule has 15 heavy (non-hydrogen) atoms. The number of rotatable bonds is 4. The number of likely N-dealkylation sites (tertiary alicyclic amines) is 1. The molecule has 1 fully saturated rings. The molecule has 0 radical (unpaired) electrons. The van der Waals surface area contributed by atoms with Crippen molar-refractivity contribution in [3.63, 3.8) is 0 Å². The highest BCUT2D eigenvalue weighted by Gasteiger charge is 2.25. The Labute approximate surface area is 91.2 Å². The lowest BCUT2D eigenvalue weighted by Gasteiger charge is -2.30. The summed E-state index contributed by atoms with van der Waals surface area (Å²) in [6, 6.07) is 0. The lowest BCUT2D eigenvalue weighted by Crippen LogP contribution is -2.40. The maximum absolute atomic E-state index is 11.9. The van der Waals surface area contributed by atoms with Gasteiger partial charge < -0.3 is 14.6 Å². The van der Waals surface area contributed by atoms with Gasteiger partial charge in [-0.15, -0.1) is 0 Å². The van der Waals surface area contributed by atoms with Crippen LogP contribution in [0.25, 0.3) is 0 Å². The van der Waals surface area contributed by atoms with E-state index in [1.807, 2.05) is 0 Å². The first kappa shape index (κ1) is 12.2. The van der Waals surface area contributed by atoms with Crippen molar-refractivity contribution >= 4 is 12.2 Å². The summed E-state index contributed by atoms with van der Waals surface area (Å²) in [7, 11) is 3.86. The molecule has 0 saturated carbocycles. The van der Waals surface area contributed by atoms with Crippen LogP contribution in [0.2, 0.25) is 0 Å². The first-order chi connectivity index (χ1) is 7.15. The molecule has 0 spiro atoms. The summed E-state index contributed by atoms with van der Waals surface area (Å²) in [5.41, 5.74) is 0. The minimum Gasteiger partial charge on any atom is -0.345 e. The lowest BCUT2D eigenvalue weighted by molar-refractivity contribution is -0.135. The summed E-state index contributed by atoms with van der Waals surface area (Å²) >= 11 is 0. The Balaban J connectivity index is 2.35. The fourth-order valence-corrected chi connectivity index (χ4v) is 1.92. The summed E-state index contributed by atoms with van der Waals surface area (Å²) < 4.78 is 0. The largest absolute Gasteiger partial charge is 0.345 e. The van der Waals surface area contributed by atoms with E-state index >= 15 is 0 Å². The van der Waals surface area contributed by atoms with Crippen molar-refractivity contribution in [2.75, 3.05) is 33.7 Å². The smallest absolute Gasteiger partial charge is 0.225 e. The zero-order valence-electron chi connectivity index (χ0n) is 9.61. The Hall–Kier alpha value is -0.900. The molecule has 0 aromatic rings. The van der Waals surface area contributed by atoms with Crippen molar-refractivity contribution in [2.24, 2.45) is 5.92 Å². The lowest BCUT2D eigenvalue weighted by atomic mass is 9.96. The van der Waals surface area contributed by atoms with Gasteiger partial charge in [-0.05, 0) is 33.0 Å². The second-order valence-electron chi connectivity index (χ2n) is 4.29. The zero-order valence-corrected chi connectivity index (χ0v) is 9.61. The Morgan fingerprint density at radius 1 is 1.47 bits per heavy atom. The number of piperidine rings is 1. The predicted octanol–water partition coefficient (Wildman–Crippen LogP) is 0.376. The third-order valence-electron chi connectivity index (χ3n) is 3.03. The van der Waals surface area contributed by atoms with Crippen LogP contribution in [0, 0.1) is 5.92 Å². The molecule has 0 bridgehead atoms. The monoisotopic (exact) mass is 212 g/mol. The van der Waals surface area contributed by atoms with Gasteiger partial charge in [0.1, 0.15) is 6.29 Å². The molecular formula is C11H20N2O2. The Morgan fingerprint density at radius 3 is 2.60 bits per heavy atom. The van der Waals surface area contributed by atoms with Crippen molar-refractivity contribution in [1.82, 2.24) is 9.80 Å². The number of carbonyl (C=O) groups excluding carboxylic acids is 2. The highest BCUT2D eigenvalue weighted by atomic mass is 16.2. The quantitative estimate of drug-likeness (QED) is 0.632. The summed E-state index contributed by atoms with van der Waals surface area (Å²) in [4.78, 5) is 26.0. The number of hydrogen-bond donors (Lipinski definition) is 0. The van der Waals surface area contributed by atoms with E-state index < -0.39 is 0 Å². The molecule has 4 heteroatoms. The summed E-state index contributed by atoms with van der Waals surface area (Å²) in [5, 5.41) is 0. The number of nitrogens with zero attached hydrogens (tertiary/aromatic N) is 2.